The highest BCUT2D eigenvalue weighted by Gasteiger charge is 2.18. The van der Waals surface area contributed by atoms with Gasteiger partial charge in [0.1, 0.15) is 6.07 Å². The summed E-state index contributed by atoms with van der Waals surface area (Å²) in [5.41, 5.74) is 1.32. The van der Waals surface area contributed by atoms with E-state index in [4.69, 9.17) is 10.00 Å². The van der Waals surface area contributed by atoms with Gasteiger partial charge < -0.3 is 4.74 Å². The van der Waals surface area contributed by atoms with Crippen molar-refractivity contribution in [3.63, 3.8) is 0 Å². The molecule has 16 heavy (non-hydrogen) atoms. The van der Waals surface area contributed by atoms with Crippen LogP contribution in [0.5, 0.6) is 0 Å². The molecule has 0 bridgehead atoms. The van der Waals surface area contributed by atoms with Crippen LogP contribution in [-0.2, 0) is 10.1 Å². The number of alkyl halides is 1. The lowest BCUT2D eigenvalue weighted by Gasteiger charge is -2.09. The highest BCUT2D eigenvalue weighted by atomic mass is 79.9. The van der Waals surface area contributed by atoms with Crippen molar-refractivity contribution < 1.29 is 9.53 Å². The maximum atomic E-state index is 11.7. The number of carbonyl (C=O) groups is 1. The van der Waals surface area contributed by atoms with Crippen molar-refractivity contribution >= 4 is 34.5 Å². The molecular formula is C11H10BrNO2S. The van der Waals surface area contributed by atoms with E-state index >= 15 is 0 Å². The molecule has 0 radical (unpaired) electrons. The van der Waals surface area contributed by atoms with Gasteiger partial charge in [0.2, 0.25) is 0 Å². The van der Waals surface area contributed by atoms with Gasteiger partial charge in [-0.15, -0.1) is 12.6 Å². The standard InChI is InChI=1S/C11H10BrNO2S/c1-2-15-11(14)10-8(6-13)7(5-12)3-4-9(10)16/h3-4,16H,2,5H2,1H3. The Morgan fingerprint density at radius 1 is 1.62 bits per heavy atom. The number of halogens is 1. The second kappa shape index (κ2) is 5.92. The molecule has 0 fully saturated rings. The molecule has 0 aliphatic rings. The monoisotopic (exact) mass is 299 g/mol. The van der Waals surface area contributed by atoms with Crippen LogP contribution in [-0.4, -0.2) is 12.6 Å². The van der Waals surface area contributed by atoms with E-state index in [1.165, 1.54) is 0 Å². The van der Waals surface area contributed by atoms with Crippen molar-refractivity contribution in [3.8, 4) is 6.07 Å². The second-order valence-electron chi connectivity index (χ2n) is 2.96. The van der Waals surface area contributed by atoms with Crippen LogP contribution < -0.4 is 0 Å². The van der Waals surface area contributed by atoms with Crippen molar-refractivity contribution in [2.24, 2.45) is 0 Å². The summed E-state index contributed by atoms with van der Waals surface area (Å²) in [6.45, 7) is 1.99. The fourth-order valence-electron chi connectivity index (χ4n) is 1.28. The minimum atomic E-state index is -0.508. The smallest absolute Gasteiger partial charge is 0.340 e. The number of benzene rings is 1. The summed E-state index contributed by atoms with van der Waals surface area (Å²) in [6, 6.07) is 5.47. The van der Waals surface area contributed by atoms with E-state index in [9.17, 15) is 4.79 Å². The number of rotatable bonds is 3. The molecule has 3 nitrogen and oxygen atoms in total. The molecule has 1 aromatic carbocycles. The molecule has 0 saturated heterocycles. The molecular weight excluding hydrogens is 290 g/mol. The van der Waals surface area contributed by atoms with Gasteiger partial charge >= 0.3 is 5.97 Å². The first-order valence-electron chi connectivity index (χ1n) is 4.63. The molecule has 0 aliphatic carbocycles. The summed E-state index contributed by atoms with van der Waals surface area (Å²) in [4.78, 5) is 12.1. The number of hydrogen-bond donors (Lipinski definition) is 1. The zero-order valence-electron chi connectivity index (χ0n) is 8.66. The maximum Gasteiger partial charge on any atom is 0.340 e. The van der Waals surface area contributed by atoms with Gasteiger partial charge in [0.15, 0.2) is 0 Å². The fraction of sp³-hybridized carbons (Fsp3) is 0.273. The molecule has 0 heterocycles. The Kier molecular flexibility index (Phi) is 4.84. The molecule has 0 amide bonds. The quantitative estimate of drug-likeness (QED) is 0.530. The summed E-state index contributed by atoms with van der Waals surface area (Å²) in [5, 5.41) is 9.57. The summed E-state index contributed by atoms with van der Waals surface area (Å²) in [6.07, 6.45) is 0. The van der Waals surface area contributed by atoms with Crippen LogP contribution in [0, 0.1) is 11.3 Å². The molecule has 0 saturated carbocycles. The number of ether oxygens (including phenoxy) is 1. The van der Waals surface area contributed by atoms with Gasteiger partial charge in [-0.2, -0.15) is 5.26 Å². The highest BCUT2D eigenvalue weighted by molar-refractivity contribution is 9.08. The van der Waals surface area contributed by atoms with E-state index in [0.717, 1.165) is 5.56 Å². The van der Waals surface area contributed by atoms with Gasteiger partial charge in [-0.1, -0.05) is 22.0 Å². The van der Waals surface area contributed by atoms with E-state index in [0.29, 0.717) is 15.8 Å². The Balaban J connectivity index is 3.35. The summed E-state index contributed by atoms with van der Waals surface area (Å²) >= 11 is 7.44. The maximum absolute atomic E-state index is 11.7. The van der Waals surface area contributed by atoms with Crippen molar-refractivity contribution in [3.05, 3.63) is 28.8 Å². The van der Waals surface area contributed by atoms with Crippen LogP contribution in [0.3, 0.4) is 0 Å². The first kappa shape index (κ1) is 13.1. The van der Waals surface area contributed by atoms with E-state index in [-0.39, 0.29) is 12.2 Å². The first-order chi connectivity index (χ1) is 7.65. The molecule has 0 unspecified atom stereocenters. The number of nitrogens with zero attached hydrogens (tertiary/aromatic N) is 1. The number of hydrogen-bond acceptors (Lipinski definition) is 4. The third-order valence-electron chi connectivity index (χ3n) is 2.00. The molecule has 5 heteroatoms. The van der Waals surface area contributed by atoms with Gasteiger partial charge in [-0.05, 0) is 18.6 Å². The van der Waals surface area contributed by atoms with Crippen LogP contribution in [0.2, 0.25) is 0 Å². The van der Waals surface area contributed by atoms with Crippen molar-refractivity contribution in [2.45, 2.75) is 17.1 Å². The average Bonchev–Trinajstić information content (AvgIpc) is 2.28. The normalized spacial score (nSPS) is 9.62. The Bertz CT molecular complexity index is 454. The van der Waals surface area contributed by atoms with Crippen molar-refractivity contribution in [1.82, 2.24) is 0 Å². The lowest BCUT2D eigenvalue weighted by molar-refractivity contribution is 0.0522. The van der Waals surface area contributed by atoms with E-state index < -0.39 is 5.97 Å². The lowest BCUT2D eigenvalue weighted by atomic mass is 10.0. The molecule has 84 valence electrons. The molecule has 0 N–H and O–H groups in total. The molecule has 0 atom stereocenters. The lowest BCUT2D eigenvalue weighted by Crippen LogP contribution is -2.09. The number of esters is 1. The van der Waals surface area contributed by atoms with Gasteiger partial charge in [-0.25, -0.2) is 4.79 Å². The average molecular weight is 300 g/mol. The van der Waals surface area contributed by atoms with Gasteiger partial charge in [0, 0.05) is 10.2 Å². The first-order valence-corrected chi connectivity index (χ1v) is 6.20. The Labute approximate surface area is 108 Å². The minimum absolute atomic E-state index is 0.240. The van der Waals surface area contributed by atoms with E-state index in [1.807, 2.05) is 6.07 Å². The minimum Gasteiger partial charge on any atom is -0.462 e. The third kappa shape index (κ3) is 2.57. The zero-order chi connectivity index (χ0) is 12.1. The van der Waals surface area contributed by atoms with Crippen LogP contribution in [0.25, 0.3) is 0 Å². The molecule has 0 aromatic heterocycles. The van der Waals surface area contributed by atoms with Gasteiger partial charge in [0.05, 0.1) is 17.7 Å². The molecule has 0 spiro atoms. The molecule has 1 rings (SSSR count). The van der Waals surface area contributed by atoms with Crippen LogP contribution in [0.4, 0.5) is 0 Å². The fourth-order valence-corrected chi connectivity index (χ4v) is 2.03. The predicted molar refractivity (Wildman–Crippen MR) is 67.0 cm³/mol. The van der Waals surface area contributed by atoms with E-state index in [2.05, 4.69) is 28.6 Å². The van der Waals surface area contributed by atoms with Gasteiger partial charge in [-0.3, -0.25) is 0 Å². The number of thiol groups is 1. The number of nitriles is 1. The summed E-state index contributed by atoms with van der Waals surface area (Å²) < 4.78 is 4.90. The third-order valence-corrected chi connectivity index (χ3v) is 2.98. The van der Waals surface area contributed by atoms with Crippen LogP contribution in [0.15, 0.2) is 17.0 Å². The van der Waals surface area contributed by atoms with Gasteiger partial charge in [0.25, 0.3) is 0 Å². The predicted octanol–water partition coefficient (Wildman–Crippen LogP) is 2.92. The van der Waals surface area contributed by atoms with Crippen molar-refractivity contribution in [1.29, 1.82) is 5.26 Å². The topological polar surface area (TPSA) is 50.1 Å². The van der Waals surface area contributed by atoms with Crippen LogP contribution in [0.1, 0.15) is 28.4 Å². The number of carbonyl (C=O) groups excluding carboxylic acids is 1. The highest BCUT2D eigenvalue weighted by Crippen LogP contribution is 2.24. The SMILES string of the molecule is CCOC(=O)c1c(S)ccc(CBr)c1C#N. The van der Waals surface area contributed by atoms with E-state index in [1.54, 1.807) is 19.1 Å². The Hall–Kier alpha value is -0.990. The zero-order valence-corrected chi connectivity index (χ0v) is 11.1. The van der Waals surface area contributed by atoms with Crippen LogP contribution >= 0.6 is 28.6 Å². The molecule has 1 aromatic rings. The van der Waals surface area contributed by atoms with Crippen molar-refractivity contribution in [2.75, 3.05) is 6.61 Å². The Morgan fingerprint density at radius 2 is 2.31 bits per heavy atom. The second-order valence-corrected chi connectivity index (χ2v) is 4.00. The summed E-state index contributed by atoms with van der Waals surface area (Å²) in [7, 11) is 0. The molecule has 0 aliphatic heterocycles. The largest absolute Gasteiger partial charge is 0.462 e. The Morgan fingerprint density at radius 3 is 2.81 bits per heavy atom. The summed E-state index contributed by atoms with van der Waals surface area (Å²) in [5.74, 6) is -0.508.